The number of aromatic nitrogens is 2. The lowest BCUT2D eigenvalue weighted by molar-refractivity contribution is -0.121. The van der Waals surface area contributed by atoms with Gasteiger partial charge >= 0.3 is 0 Å². The van der Waals surface area contributed by atoms with Crippen molar-refractivity contribution in [3.8, 4) is 11.1 Å². The zero-order valence-corrected chi connectivity index (χ0v) is 17.0. The molecule has 1 atom stereocenters. The fourth-order valence-corrected chi connectivity index (χ4v) is 4.05. The minimum atomic E-state index is -0.234. The van der Waals surface area contributed by atoms with Crippen LogP contribution in [0.2, 0.25) is 0 Å². The van der Waals surface area contributed by atoms with E-state index in [9.17, 15) is 9.59 Å². The van der Waals surface area contributed by atoms with Gasteiger partial charge in [-0.2, -0.15) is 8.75 Å². The van der Waals surface area contributed by atoms with E-state index in [1.54, 1.807) is 4.90 Å². The Morgan fingerprint density at radius 2 is 1.93 bits per heavy atom. The molecule has 2 heterocycles. The molecule has 1 aliphatic heterocycles. The van der Waals surface area contributed by atoms with Crippen LogP contribution in [0.15, 0.2) is 54.7 Å². The Kier molecular flexibility index (Phi) is 5.67. The van der Waals surface area contributed by atoms with Crippen LogP contribution in [0.4, 0.5) is 5.69 Å². The van der Waals surface area contributed by atoms with Gasteiger partial charge in [0.25, 0.3) is 5.91 Å². The Morgan fingerprint density at radius 3 is 2.69 bits per heavy atom. The second-order valence-electron chi connectivity index (χ2n) is 7.32. The molecular weight excluding hydrogens is 384 g/mol. The molecule has 1 aromatic heterocycles. The van der Waals surface area contributed by atoms with Gasteiger partial charge in [-0.1, -0.05) is 42.0 Å². The van der Waals surface area contributed by atoms with Crippen LogP contribution in [0.5, 0.6) is 0 Å². The van der Waals surface area contributed by atoms with E-state index in [0.29, 0.717) is 18.8 Å². The van der Waals surface area contributed by atoms with E-state index < -0.39 is 0 Å². The van der Waals surface area contributed by atoms with Crippen LogP contribution in [0.1, 0.15) is 28.9 Å². The highest BCUT2D eigenvalue weighted by atomic mass is 32.1. The molecule has 148 valence electrons. The van der Waals surface area contributed by atoms with Crippen molar-refractivity contribution < 1.29 is 9.59 Å². The maximum atomic E-state index is 12.8. The van der Waals surface area contributed by atoms with Crippen molar-refractivity contribution in [2.45, 2.75) is 19.8 Å². The number of carbonyl (C=O) groups is 2. The molecule has 1 saturated heterocycles. The first-order chi connectivity index (χ1) is 14.1. The second kappa shape index (κ2) is 8.53. The van der Waals surface area contributed by atoms with E-state index in [-0.39, 0.29) is 17.7 Å². The fraction of sp³-hybridized carbons (Fsp3) is 0.273. The third-order valence-electron chi connectivity index (χ3n) is 5.14. The average Bonchev–Trinajstić information content (AvgIpc) is 3.28. The molecule has 0 aliphatic carbocycles. The number of rotatable bonds is 4. The number of hydrogen-bond acceptors (Lipinski definition) is 5. The summed E-state index contributed by atoms with van der Waals surface area (Å²) in [5.41, 5.74) is 4.48. The molecule has 29 heavy (non-hydrogen) atoms. The van der Waals surface area contributed by atoms with E-state index in [0.717, 1.165) is 41.4 Å². The summed E-state index contributed by atoms with van der Waals surface area (Å²) in [6, 6.07) is 16.1. The lowest BCUT2D eigenvalue weighted by Gasteiger charge is -2.31. The highest BCUT2D eigenvalue weighted by molar-refractivity contribution is 6.99. The molecule has 1 fully saturated rings. The Bertz CT molecular complexity index is 1020. The van der Waals surface area contributed by atoms with Crippen molar-refractivity contribution in [2.75, 3.05) is 18.4 Å². The molecule has 2 aromatic carbocycles. The maximum absolute atomic E-state index is 12.8. The van der Waals surface area contributed by atoms with Crippen LogP contribution in [0.25, 0.3) is 11.1 Å². The summed E-state index contributed by atoms with van der Waals surface area (Å²) in [7, 11) is 0. The summed E-state index contributed by atoms with van der Waals surface area (Å²) in [6.45, 7) is 3.11. The number of hydrogen-bond donors (Lipinski definition) is 1. The molecule has 0 bridgehead atoms. The third kappa shape index (κ3) is 4.51. The summed E-state index contributed by atoms with van der Waals surface area (Å²) in [5, 5.41) is 3.03. The summed E-state index contributed by atoms with van der Waals surface area (Å²) < 4.78 is 7.90. The van der Waals surface area contributed by atoms with Crippen LogP contribution in [0.3, 0.4) is 0 Å². The highest BCUT2D eigenvalue weighted by Crippen LogP contribution is 2.25. The first-order valence-electron chi connectivity index (χ1n) is 9.65. The van der Waals surface area contributed by atoms with E-state index >= 15 is 0 Å². The van der Waals surface area contributed by atoms with E-state index in [2.05, 4.69) is 39.2 Å². The molecule has 0 radical (unpaired) electrons. The van der Waals surface area contributed by atoms with E-state index in [4.69, 9.17) is 0 Å². The minimum absolute atomic E-state index is 0.0553. The van der Waals surface area contributed by atoms with Gasteiger partial charge in [0.05, 0.1) is 23.8 Å². The van der Waals surface area contributed by atoms with Gasteiger partial charge in [0.1, 0.15) is 0 Å². The van der Waals surface area contributed by atoms with Gasteiger partial charge in [0.15, 0.2) is 5.69 Å². The van der Waals surface area contributed by atoms with Gasteiger partial charge in [-0.05, 0) is 43.0 Å². The van der Waals surface area contributed by atoms with Crippen molar-refractivity contribution in [3.05, 3.63) is 66.0 Å². The Hall–Kier alpha value is -3.06. The molecule has 7 heteroatoms. The van der Waals surface area contributed by atoms with Crippen LogP contribution < -0.4 is 5.32 Å². The largest absolute Gasteiger partial charge is 0.336 e. The molecule has 0 saturated carbocycles. The quantitative estimate of drug-likeness (QED) is 0.710. The Labute approximate surface area is 173 Å². The summed E-state index contributed by atoms with van der Waals surface area (Å²) in [4.78, 5) is 27.1. The van der Waals surface area contributed by atoms with Gasteiger partial charge in [-0.15, -0.1) is 0 Å². The van der Waals surface area contributed by atoms with Crippen LogP contribution >= 0.6 is 11.7 Å². The SMILES string of the molecule is Cc1cccc(-c2cccc(NC(=O)C3CCCN(C(=O)c4cnsn4)C3)c2)c1. The number of anilines is 1. The average molecular weight is 407 g/mol. The van der Waals surface area contributed by atoms with Gasteiger partial charge in [0, 0.05) is 18.8 Å². The first-order valence-corrected chi connectivity index (χ1v) is 10.4. The second-order valence-corrected chi connectivity index (χ2v) is 7.88. The number of benzene rings is 2. The van der Waals surface area contributed by atoms with Gasteiger partial charge < -0.3 is 10.2 Å². The number of likely N-dealkylation sites (tertiary alicyclic amines) is 1. The van der Waals surface area contributed by atoms with Crippen LogP contribution in [-0.4, -0.2) is 38.6 Å². The number of piperidine rings is 1. The first kappa shape index (κ1) is 19.3. The smallest absolute Gasteiger partial charge is 0.275 e. The van der Waals surface area contributed by atoms with Crippen LogP contribution in [-0.2, 0) is 4.79 Å². The highest BCUT2D eigenvalue weighted by Gasteiger charge is 2.29. The molecule has 3 aromatic rings. The Morgan fingerprint density at radius 1 is 1.14 bits per heavy atom. The van der Waals surface area contributed by atoms with Crippen molar-refractivity contribution in [1.29, 1.82) is 0 Å². The molecule has 4 rings (SSSR count). The molecule has 1 unspecified atom stereocenters. The number of amides is 2. The predicted octanol–water partition coefficient (Wildman–Crippen LogP) is 4.00. The molecule has 1 N–H and O–H groups in total. The molecule has 1 aliphatic rings. The summed E-state index contributed by atoms with van der Waals surface area (Å²) >= 11 is 1.01. The van der Waals surface area contributed by atoms with Gasteiger partial charge in [0.2, 0.25) is 5.91 Å². The lowest BCUT2D eigenvalue weighted by Crippen LogP contribution is -2.43. The summed E-state index contributed by atoms with van der Waals surface area (Å²) in [5.74, 6) is -0.445. The predicted molar refractivity (Wildman–Crippen MR) is 114 cm³/mol. The molecule has 0 spiro atoms. The third-order valence-corrected chi connectivity index (χ3v) is 5.62. The normalized spacial score (nSPS) is 16.4. The van der Waals surface area contributed by atoms with Crippen molar-refractivity contribution in [1.82, 2.24) is 13.6 Å². The lowest BCUT2D eigenvalue weighted by atomic mass is 9.96. The zero-order chi connectivity index (χ0) is 20.2. The number of aryl methyl sites for hydroxylation is 1. The van der Waals surface area contributed by atoms with Crippen molar-refractivity contribution in [3.63, 3.8) is 0 Å². The number of nitrogens with one attached hydrogen (secondary N) is 1. The topological polar surface area (TPSA) is 75.2 Å². The Balaban J connectivity index is 1.44. The summed E-state index contributed by atoms with van der Waals surface area (Å²) in [6.07, 6.45) is 3.04. The maximum Gasteiger partial charge on any atom is 0.275 e. The molecule has 2 amide bonds. The van der Waals surface area contributed by atoms with Gasteiger partial charge in [-0.3, -0.25) is 9.59 Å². The minimum Gasteiger partial charge on any atom is -0.336 e. The van der Waals surface area contributed by atoms with Crippen molar-refractivity contribution >= 4 is 29.2 Å². The van der Waals surface area contributed by atoms with Crippen molar-refractivity contribution in [2.24, 2.45) is 5.92 Å². The van der Waals surface area contributed by atoms with Crippen LogP contribution in [0, 0.1) is 12.8 Å². The molecule has 6 nitrogen and oxygen atoms in total. The molecular formula is C22H22N4O2S. The number of nitrogens with zero attached hydrogens (tertiary/aromatic N) is 3. The fourth-order valence-electron chi connectivity index (χ4n) is 3.64. The monoisotopic (exact) mass is 406 g/mol. The standard InChI is InChI=1S/C22H22N4O2S/c1-15-5-2-6-16(11-15)17-7-3-9-19(12-17)24-21(27)18-8-4-10-26(14-18)22(28)20-13-23-29-25-20/h2-3,5-7,9,11-13,18H,4,8,10,14H2,1H3,(H,24,27). The van der Waals surface area contributed by atoms with E-state index in [1.807, 2.05) is 30.3 Å². The van der Waals surface area contributed by atoms with E-state index in [1.165, 1.54) is 11.8 Å². The van der Waals surface area contributed by atoms with Gasteiger partial charge in [-0.25, -0.2) is 0 Å². The number of carbonyl (C=O) groups excluding carboxylic acids is 2. The zero-order valence-electron chi connectivity index (χ0n) is 16.2.